The summed E-state index contributed by atoms with van der Waals surface area (Å²) in [6.07, 6.45) is 3.03. The van der Waals surface area contributed by atoms with E-state index < -0.39 is 14.9 Å². The maximum absolute atomic E-state index is 13.9. The van der Waals surface area contributed by atoms with E-state index in [0.717, 1.165) is 12.8 Å². The molecule has 0 aliphatic rings. The average molecular weight is 320 g/mol. The second kappa shape index (κ2) is 6.11. The van der Waals surface area contributed by atoms with Crippen LogP contribution >= 0.6 is 10.7 Å². The maximum atomic E-state index is 13.9. The molecule has 110 valence electrons. The summed E-state index contributed by atoms with van der Waals surface area (Å²) in [4.78, 5) is -0.181. The second-order valence-corrected chi connectivity index (χ2v) is 6.99. The highest BCUT2D eigenvalue weighted by molar-refractivity contribution is 8.14. The van der Waals surface area contributed by atoms with E-state index in [1.165, 1.54) is 12.3 Å². The number of fused-ring (bicyclic) bond motifs is 1. The first-order chi connectivity index (χ1) is 9.45. The fourth-order valence-corrected chi connectivity index (χ4v) is 3.22. The van der Waals surface area contributed by atoms with Gasteiger partial charge in [0.15, 0.2) is 0 Å². The van der Waals surface area contributed by atoms with Gasteiger partial charge in [-0.15, -0.1) is 0 Å². The quantitative estimate of drug-likeness (QED) is 0.607. The van der Waals surface area contributed by atoms with Gasteiger partial charge in [0.25, 0.3) is 9.05 Å². The highest BCUT2D eigenvalue weighted by atomic mass is 35.7. The smallest absolute Gasteiger partial charge is 0.263 e. The lowest BCUT2D eigenvalue weighted by Crippen LogP contribution is -1.98. The number of unbranched alkanes of at least 4 members (excludes halogenated alkanes) is 1. The van der Waals surface area contributed by atoms with E-state index >= 15 is 0 Å². The zero-order valence-electron chi connectivity index (χ0n) is 11.0. The second-order valence-electron chi connectivity index (χ2n) is 4.46. The number of halogens is 2. The zero-order chi connectivity index (χ0) is 14.8. The topological polar surface area (TPSA) is 48.3 Å². The molecule has 0 spiro atoms. The van der Waals surface area contributed by atoms with E-state index in [0.29, 0.717) is 18.7 Å². The number of rotatable bonds is 6. The number of nitrogens with zero attached hydrogens (tertiary/aromatic N) is 1. The van der Waals surface area contributed by atoms with Gasteiger partial charge < -0.3 is 9.30 Å². The Morgan fingerprint density at radius 2 is 2.10 bits per heavy atom. The summed E-state index contributed by atoms with van der Waals surface area (Å²) in [6, 6.07) is 4.46. The van der Waals surface area contributed by atoms with Crippen LogP contribution in [0.25, 0.3) is 10.9 Å². The molecular weight excluding hydrogens is 305 g/mol. The SMILES string of the molecule is COCCCCn1cc(S(=O)(=O)Cl)c2c(F)cccc21. The van der Waals surface area contributed by atoms with E-state index in [1.807, 2.05) is 0 Å². The summed E-state index contributed by atoms with van der Waals surface area (Å²) >= 11 is 0. The maximum Gasteiger partial charge on any atom is 0.263 e. The van der Waals surface area contributed by atoms with Crippen molar-refractivity contribution < 1.29 is 17.5 Å². The van der Waals surface area contributed by atoms with Crippen molar-refractivity contribution in [2.24, 2.45) is 0 Å². The van der Waals surface area contributed by atoms with E-state index in [9.17, 15) is 12.8 Å². The predicted molar refractivity (Wildman–Crippen MR) is 76.0 cm³/mol. The van der Waals surface area contributed by atoms with Gasteiger partial charge in [0.1, 0.15) is 10.7 Å². The van der Waals surface area contributed by atoms with Crippen molar-refractivity contribution in [1.82, 2.24) is 4.57 Å². The molecule has 0 saturated heterocycles. The third-order valence-electron chi connectivity index (χ3n) is 3.08. The number of aromatic nitrogens is 1. The standard InChI is InChI=1S/C13H15ClFNO3S/c1-19-8-3-2-7-16-9-12(20(14,17)18)13-10(15)5-4-6-11(13)16/h4-6,9H,2-3,7-8H2,1H3. The van der Waals surface area contributed by atoms with Gasteiger partial charge >= 0.3 is 0 Å². The lowest BCUT2D eigenvalue weighted by molar-refractivity contribution is 0.191. The molecule has 0 saturated carbocycles. The van der Waals surface area contributed by atoms with E-state index in [2.05, 4.69) is 0 Å². The molecule has 0 fully saturated rings. The van der Waals surface area contributed by atoms with Gasteiger partial charge in [0.05, 0.1) is 10.9 Å². The van der Waals surface area contributed by atoms with Gasteiger partial charge in [-0.05, 0) is 25.0 Å². The first-order valence-corrected chi connectivity index (χ1v) is 8.47. The number of aryl methyl sites for hydroxylation is 1. The molecule has 1 heterocycles. The third kappa shape index (κ3) is 3.13. The van der Waals surface area contributed by atoms with Crippen LogP contribution in [0.2, 0.25) is 0 Å². The molecule has 0 N–H and O–H groups in total. The van der Waals surface area contributed by atoms with Crippen LogP contribution < -0.4 is 0 Å². The van der Waals surface area contributed by atoms with Gasteiger partial charge in [-0.25, -0.2) is 12.8 Å². The molecule has 0 aliphatic heterocycles. The Labute approximate surface area is 121 Å². The van der Waals surface area contributed by atoms with Crippen LogP contribution in [-0.4, -0.2) is 26.7 Å². The molecular formula is C13H15ClFNO3S. The largest absolute Gasteiger partial charge is 0.385 e. The van der Waals surface area contributed by atoms with Crippen LogP contribution in [0.3, 0.4) is 0 Å². The minimum Gasteiger partial charge on any atom is -0.385 e. The number of methoxy groups -OCH3 is 1. The van der Waals surface area contributed by atoms with Crippen molar-refractivity contribution in [2.45, 2.75) is 24.3 Å². The van der Waals surface area contributed by atoms with Crippen LogP contribution in [0.4, 0.5) is 4.39 Å². The molecule has 2 rings (SSSR count). The highest BCUT2D eigenvalue weighted by Gasteiger charge is 2.21. The van der Waals surface area contributed by atoms with Crippen molar-refractivity contribution >= 4 is 30.6 Å². The molecule has 0 bridgehead atoms. The van der Waals surface area contributed by atoms with Crippen LogP contribution in [0.15, 0.2) is 29.3 Å². The zero-order valence-corrected chi connectivity index (χ0v) is 12.5. The molecule has 20 heavy (non-hydrogen) atoms. The Balaban J connectivity index is 2.44. The Kier molecular flexibility index (Phi) is 4.67. The number of hydrogen-bond acceptors (Lipinski definition) is 3. The van der Waals surface area contributed by atoms with E-state index in [1.54, 1.807) is 23.8 Å². The van der Waals surface area contributed by atoms with Crippen LogP contribution in [0, 0.1) is 5.82 Å². The fraction of sp³-hybridized carbons (Fsp3) is 0.385. The summed E-state index contributed by atoms with van der Waals surface area (Å²) in [6.45, 7) is 1.21. The Morgan fingerprint density at radius 3 is 2.75 bits per heavy atom. The number of hydrogen-bond donors (Lipinski definition) is 0. The lowest BCUT2D eigenvalue weighted by atomic mass is 10.2. The predicted octanol–water partition coefficient (Wildman–Crippen LogP) is 3.13. The van der Waals surface area contributed by atoms with E-state index in [4.69, 9.17) is 15.4 Å². The van der Waals surface area contributed by atoms with Crippen molar-refractivity contribution in [3.05, 3.63) is 30.2 Å². The van der Waals surface area contributed by atoms with Gasteiger partial charge in [-0.3, -0.25) is 0 Å². The fourth-order valence-electron chi connectivity index (χ4n) is 2.17. The molecule has 2 aromatic rings. The molecule has 1 aromatic carbocycles. The van der Waals surface area contributed by atoms with Gasteiger partial charge in [0.2, 0.25) is 0 Å². The Hall–Kier alpha value is -1.11. The molecule has 0 unspecified atom stereocenters. The van der Waals surface area contributed by atoms with Crippen molar-refractivity contribution in [3.8, 4) is 0 Å². The lowest BCUT2D eigenvalue weighted by Gasteiger charge is -2.04. The summed E-state index contributed by atoms with van der Waals surface area (Å²) in [5.41, 5.74) is 0.529. The van der Waals surface area contributed by atoms with Crippen molar-refractivity contribution in [3.63, 3.8) is 0 Å². The minimum absolute atomic E-state index is 0.0502. The molecule has 0 aliphatic carbocycles. The van der Waals surface area contributed by atoms with Crippen LogP contribution in [-0.2, 0) is 20.3 Å². The summed E-state index contributed by atoms with van der Waals surface area (Å²) < 4.78 is 43.7. The number of benzene rings is 1. The molecule has 0 atom stereocenters. The van der Waals surface area contributed by atoms with Gasteiger partial charge in [-0.1, -0.05) is 6.07 Å². The number of ether oxygens (including phenoxy) is 1. The molecule has 0 amide bonds. The minimum atomic E-state index is -3.98. The molecule has 7 heteroatoms. The summed E-state index contributed by atoms with van der Waals surface area (Å²) in [5, 5.41) is 0.0502. The summed E-state index contributed by atoms with van der Waals surface area (Å²) in [5.74, 6) is -0.586. The van der Waals surface area contributed by atoms with E-state index in [-0.39, 0.29) is 10.3 Å². The van der Waals surface area contributed by atoms with Crippen molar-refractivity contribution in [1.29, 1.82) is 0 Å². The first-order valence-electron chi connectivity index (χ1n) is 6.16. The average Bonchev–Trinajstić information content (AvgIpc) is 2.75. The van der Waals surface area contributed by atoms with Crippen LogP contribution in [0.1, 0.15) is 12.8 Å². The van der Waals surface area contributed by atoms with Gasteiger partial charge in [0, 0.05) is 37.1 Å². The molecule has 0 radical (unpaired) electrons. The molecule has 4 nitrogen and oxygen atoms in total. The Bertz CT molecular complexity index is 712. The summed E-state index contributed by atoms with van der Waals surface area (Å²) in [7, 11) is 3.02. The van der Waals surface area contributed by atoms with Gasteiger partial charge in [-0.2, -0.15) is 0 Å². The highest BCUT2D eigenvalue weighted by Crippen LogP contribution is 2.30. The normalized spacial score (nSPS) is 12.2. The molecule has 1 aromatic heterocycles. The Morgan fingerprint density at radius 1 is 1.35 bits per heavy atom. The first kappa shape index (κ1) is 15.3. The third-order valence-corrected chi connectivity index (χ3v) is 4.41. The monoisotopic (exact) mass is 319 g/mol. The van der Waals surface area contributed by atoms with Crippen molar-refractivity contribution in [2.75, 3.05) is 13.7 Å². The van der Waals surface area contributed by atoms with Crippen LogP contribution in [0.5, 0.6) is 0 Å².